The minimum Gasteiger partial charge on any atom is -0.351 e. The van der Waals surface area contributed by atoms with Crippen LogP contribution in [-0.2, 0) is 14.4 Å². The van der Waals surface area contributed by atoms with Crippen LogP contribution in [0.25, 0.3) is 0 Å². The van der Waals surface area contributed by atoms with Crippen molar-refractivity contribution < 1.29 is 27.6 Å². The van der Waals surface area contributed by atoms with Crippen LogP contribution in [0.4, 0.5) is 24.7 Å². The van der Waals surface area contributed by atoms with Gasteiger partial charge in [0.25, 0.3) is 11.8 Å². The van der Waals surface area contributed by atoms with Gasteiger partial charge in [0.15, 0.2) is 0 Å². The molecule has 0 bridgehead atoms. The van der Waals surface area contributed by atoms with E-state index in [1.807, 2.05) is 6.07 Å². The number of hydrogen-bond acceptors (Lipinski definition) is 5. The van der Waals surface area contributed by atoms with Crippen LogP contribution < -0.4 is 15.1 Å². The summed E-state index contributed by atoms with van der Waals surface area (Å²) >= 11 is 6.58. The molecular formula is C32H27ClF3N5O3. The van der Waals surface area contributed by atoms with Gasteiger partial charge in [-0.2, -0.15) is 5.26 Å². The van der Waals surface area contributed by atoms with Crippen LogP contribution in [0.15, 0.2) is 60.8 Å². The lowest BCUT2D eigenvalue weighted by Crippen LogP contribution is -2.56. The third-order valence-corrected chi connectivity index (χ3v) is 8.57. The van der Waals surface area contributed by atoms with Crippen molar-refractivity contribution in [3.8, 4) is 6.07 Å². The molecule has 0 radical (unpaired) electrons. The number of carbonyl (C=O) groups excluding carboxylic acids is 3. The van der Waals surface area contributed by atoms with Gasteiger partial charge in [0.05, 0.1) is 11.6 Å². The topological polar surface area (TPSA) is 106 Å². The Bertz CT molecular complexity index is 1680. The highest BCUT2D eigenvalue weighted by molar-refractivity contribution is 6.31. The van der Waals surface area contributed by atoms with Crippen LogP contribution in [0.5, 0.6) is 0 Å². The number of pyridine rings is 1. The summed E-state index contributed by atoms with van der Waals surface area (Å²) in [5.41, 5.74) is 1.14. The van der Waals surface area contributed by atoms with Crippen LogP contribution in [0.1, 0.15) is 67.2 Å². The van der Waals surface area contributed by atoms with Crippen molar-refractivity contribution in [2.75, 3.05) is 9.80 Å². The highest BCUT2D eigenvalue weighted by atomic mass is 35.5. The Hall–Kier alpha value is -4.43. The fraction of sp³-hybridized carbons (Fsp3) is 0.344. The molecular weight excluding hydrogens is 595 g/mol. The molecule has 2 aromatic carbocycles. The Morgan fingerprint density at radius 2 is 1.86 bits per heavy atom. The monoisotopic (exact) mass is 621 g/mol. The van der Waals surface area contributed by atoms with Gasteiger partial charge in [-0.1, -0.05) is 29.8 Å². The lowest BCUT2D eigenvalue weighted by Gasteiger charge is -2.39. The molecule has 6 rings (SSSR count). The van der Waals surface area contributed by atoms with Crippen LogP contribution in [0, 0.1) is 17.1 Å². The molecule has 12 heteroatoms. The lowest BCUT2D eigenvalue weighted by molar-refractivity contribution is -0.133. The number of nitrogens with one attached hydrogen (secondary N) is 1. The van der Waals surface area contributed by atoms with Gasteiger partial charge in [0.1, 0.15) is 23.7 Å². The number of rotatable bonds is 8. The lowest BCUT2D eigenvalue weighted by atomic mass is 9.87. The number of anilines is 2. The molecule has 1 saturated heterocycles. The van der Waals surface area contributed by atoms with E-state index < -0.39 is 60.4 Å². The summed E-state index contributed by atoms with van der Waals surface area (Å²) in [7, 11) is 0. The van der Waals surface area contributed by atoms with Crippen LogP contribution in [-0.4, -0.2) is 40.7 Å². The van der Waals surface area contributed by atoms with Crippen LogP contribution >= 0.6 is 11.6 Å². The Morgan fingerprint density at radius 1 is 1.11 bits per heavy atom. The summed E-state index contributed by atoms with van der Waals surface area (Å²) in [6, 6.07) is 11.8. The molecule has 2 saturated carbocycles. The Balaban J connectivity index is 1.47. The minimum absolute atomic E-state index is 0.0146. The van der Waals surface area contributed by atoms with E-state index in [4.69, 9.17) is 11.6 Å². The van der Waals surface area contributed by atoms with E-state index >= 15 is 4.39 Å². The number of aromatic nitrogens is 1. The van der Waals surface area contributed by atoms with Gasteiger partial charge in [0.2, 0.25) is 11.8 Å². The minimum atomic E-state index is -2.91. The second-order valence-corrected chi connectivity index (χ2v) is 11.9. The van der Waals surface area contributed by atoms with E-state index in [9.17, 15) is 28.4 Å². The van der Waals surface area contributed by atoms with Crippen LogP contribution in [0.3, 0.4) is 0 Å². The first-order valence-corrected chi connectivity index (χ1v) is 14.7. The first kappa shape index (κ1) is 29.6. The molecule has 1 aliphatic heterocycles. The highest BCUT2D eigenvalue weighted by Gasteiger charge is 2.49. The van der Waals surface area contributed by atoms with Gasteiger partial charge in [0, 0.05) is 47.8 Å². The third-order valence-electron chi connectivity index (χ3n) is 8.23. The van der Waals surface area contributed by atoms with Crippen molar-refractivity contribution in [3.63, 3.8) is 0 Å². The van der Waals surface area contributed by atoms with Crippen molar-refractivity contribution in [1.82, 2.24) is 10.3 Å². The Kier molecular flexibility index (Phi) is 7.80. The average molecular weight is 622 g/mol. The predicted octanol–water partition coefficient (Wildman–Crippen LogP) is 5.81. The largest absolute Gasteiger partial charge is 0.351 e. The summed E-state index contributed by atoms with van der Waals surface area (Å²) < 4.78 is 42.6. The Labute approximate surface area is 256 Å². The van der Waals surface area contributed by atoms with E-state index in [2.05, 4.69) is 10.3 Å². The normalized spacial score (nSPS) is 20.0. The smallest absolute Gasteiger partial charge is 0.252 e. The molecule has 1 unspecified atom stereocenters. The maximum absolute atomic E-state index is 15.2. The van der Waals surface area contributed by atoms with Gasteiger partial charge >= 0.3 is 0 Å². The number of amides is 3. The second kappa shape index (κ2) is 11.6. The zero-order valence-corrected chi connectivity index (χ0v) is 24.1. The first-order chi connectivity index (χ1) is 21.0. The molecule has 44 heavy (non-hydrogen) atoms. The molecule has 1 N–H and O–H groups in total. The van der Waals surface area contributed by atoms with Gasteiger partial charge in [-0.25, -0.2) is 18.2 Å². The maximum Gasteiger partial charge on any atom is 0.252 e. The molecule has 8 nitrogen and oxygen atoms in total. The van der Waals surface area contributed by atoms with Crippen LogP contribution in [0.2, 0.25) is 5.02 Å². The predicted molar refractivity (Wildman–Crippen MR) is 156 cm³/mol. The van der Waals surface area contributed by atoms with Gasteiger partial charge < -0.3 is 5.32 Å². The van der Waals surface area contributed by atoms with Gasteiger partial charge in [-0.05, 0) is 67.1 Å². The summed E-state index contributed by atoms with van der Waals surface area (Å²) in [6.45, 7) is 0. The summed E-state index contributed by atoms with van der Waals surface area (Å²) in [5, 5.41) is 12.2. The Morgan fingerprint density at radius 3 is 2.55 bits per heavy atom. The summed E-state index contributed by atoms with van der Waals surface area (Å²) in [6.07, 6.45) is 1.96. The van der Waals surface area contributed by atoms with E-state index in [1.54, 1.807) is 24.3 Å². The number of halogens is 4. The van der Waals surface area contributed by atoms with E-state index in [0.717, 1.165) is 23.8 Å². The molecule has 3 aromatic rings. The first-order valence-electron chi connectivity index (χ1n) is 14.3. The van der Waals surface area contributed by atoms with E-state index in [0.29, 0.717) is 5.56 Å². The molecule has 3 aliphatic rings. The molecule has 3 fully saturated rings. The van der Waals surface area contributed by atoms with E-state index in [-0.39, 0.29) is 46.4 Å². The fourth-order valence-corrected chi connectivity index (χ4v) is 6.15. The van der Waals surface area contributed by atoms with Crippen molar-refractivity contribution in [2.45, 2.75) is 68.5 Å². The average Bonchev–Trinajstić information content (AvgIpc) is 3.76. The molecule has 226 valence electrons. The van der Waals surface area contributed by atoms with Crippen molar-refractivity contribution in [3.05, 3.63) is 88.3 Å². The molecule has 2 atom stereocenters. The zero-order chi connectivity index (χ0) is 31.2. The fourth-order valence-electron chi connectivity index (χ4n) is 5.91. The molecule has 2 aliphatic carbocycles. The number of benzene rings is 2. The molecule has 2 heterocycles. The second-order valence-electron chi connectivity index (χ2n) is 11.5. The number of nitriles is 1. The van der Waals surface area contributed by atoms with Crippen molar-refractivity contribution >= 4 is 40.8 Å². The molecule has 1 aromatic heterocycles. The third kappa shape index (κ3) is 5.86. The molecule has 3 amide bonds. The SMILES string of the molecule is N#Cc1ccnc(N2C(=O)CCC2C(=O)N(c2cc(F)cc(C3CC3)c2)[C@H](C(=O)NC2CC(F)(F)C2)c2ccccc2Cl)c1. The number of nitrogens with zero attached hydrogens (tertiary/aromatic N) is 4. The van der Waals surface area contributed by atoms with Crippen molar-refractivity contribution in [2.24, 2.45) is 0 Å². The van der Waals surface area contributed by atoms with Gasteiger partial charge in [-0.15, -0.1) is 0 Å². The summed E-state index contributed by atoms with van der Waals surface area (Å²) in [4.78, 5) is 48.4. The highest BCUT2D eigenvalue weighted by Crippen LogP contribution is 2.44. The molecule has 0 spiro atoms. The van der Waals surface area contributed by atoms with Gasteiger partial charge in [-0.3, -0.25) is 24.2 Å². The van der Waals surface area contributed by atoms with E-state index in [1.165, 1.54) is 35.4 Å². The standard InChI is InChI=1S/C32H27ClF3N5O3/c33-25-4-2-1-3-24(25)29(30(43)39-22-15-32(35,36)16-22)40(23-13-20(19-5-6-19)12-21(34)14-23)31(44)26-7-8-28(42)41(26)27-11-18(17-37)9-10-38-27/h1-4,9-14,19,22,26,29H,5-8,15-16H2,(H,39,43)/t26?,29-/m0/s1. The summed E-state index contributed by atoms with van der Waals surface area (Å²) in [5.74, 6) is -5.27. The zero-order valence-electron chi connectivity index (χ0n) is 23.4. The number of alkyl halides is 2. The number of hydrogen-bond donors (Lipinski definition) is 1. The maximum atomic E-state index is 15.2. The number of carbonyl (C=O) groups is 3. The van der Waals surface area contributed by atoms with Crippen molar-refractivity contribution in [1.29, 1.82) is 5.26 Å². The quantitative estimate of drug-likeness (QED) is 0.342.